The second kappa shape index (κ2) is 9.59. The van der Waals surface area contributed by atoms with Crippen molar-refractivity contribution >= 4 is 22.0 Å². The zero-order chi connectivity index (χ0) is 18.2. The summed E-state index contributed by atoms with van der Waals surface area (Å²) >= 11 is 0. The van der Waals surface area contributed by atoms with Crippen LogP contribution in [0.15, 0.2) is 35.2 Å². The number of likely N-dealkylation sites (N-methyl/N-ethyl adjacent to an activating group) is 1. The van der Waals surface area contributed by atoms with E-state index in [0.717, 1.165) is 24.9 Å². The Kier molecular flexibility index (Phi) is 8.15. The molecule has 0 radical (unpaired) electrons. The van der Waals surface area contributed by atoms with Crippen molar-refractivity contribution in [2.24, 2.45) is 0 Å². The number of hydrogen-bond donors (Lipinski definition) is 0. The van der Waals surface area contributed by atoms with Crippen molar-refractivity contribution in [2.75, 3.05) is 26.7 Å². The second-order valence-electron chi connectivity index (χ2n) is 5.61. The fourth-order valence-corrected chi connectivity index (χ4v) is 3.72. The van der Waals surface area contributed by atoms with E-state index >= 15 is 0 Å². The van der Waals surface area contributed by atoms with Gasteiger partial charge in [0.25, 0.3) is 0 Å². The summed E-state index contributed by atoms with van der Waals surface area (Å²) in [7, 11) is -1.66. The molecular formula is C18H28N2O3S. The van der Waals surface area contributed by atoms with Crippen molar-refractivity contribution in [1.29, 1.82) is 0 Å². The smallest absolute Gasteiger partial charge is 0.246 e. The maximum Gasteiger partial charge on any atom is 0.246 e. The first kappa shape index (κ1) is 20.4. The van der Waals surface area contributed by atoms with E-state index in [1.165, 1.54) is 10.4 Å². The van der Waals surface area contributed by atoms with Crippen LogP contribution in [0, 0.1) is 0 Å². The summed E-state index contributed by atoms with van der Waals surface area (Å²) in [4.78, 5) is 13.9. The third kappa shape index (κ3) is 5.46. The van der Waals surface area contributed by atoms with Gasteiger partial charge < -0.3 is 4.90 Å². The Labute approximate surface area is 146 Å². The first-order chi connectivity index (χ1) is 11.4. The molecule has 1 amide bonds. The van der Waals surface area contributed by atoms with E-state index in [-0.39, 0.29) is 10.8 Å². The molecule has 0 saturated heterocycles. The molecule has 0 aliphatic carbocycles. The fraction of sp³-hybridized carbons (Fsp3) is 0.500. The van der Waals surface area contributed by atoms with Crippen molar-refractivity contribution < 1.29 is 13.2 Å². The van der Waals surface area contributed by atoms with E-state index in [0.29, 0.717) is 13.1 Å². The summed E-state index contributed by atoms with van der Waals surface area (Å²) in [6, 6.07) is 6.59. The molecule has 1 rings (SSSR count). The van der Waals surface area contributed by atoms with Crippen LogP contribution in [0.1, 0.15) is 39.2 Å². The predicted molar refractivity (Wildman–Crippen MR) is 98.1 cm³/mol. The summed E-state index contributed by atoms with van der Waals surface area (Å²) in [6.45, 7) is 7.35. The lowest BCUT2D eigenvalue weighted by atomic mass is 10.2. The Morgan fingerprint density at radius 2 is 1.67 bits per heavy atom. The molecular weight excluding hydrogens is 324 g/mol. The normalized spacial score (nSPS) is 12.0. The molecule has 0 saturated carbocycles. The van der Waals surface area contributed by atoms with Gasteiger partial charge >= 0.3 is 0 Å². The third-order valence-corrected chi connectivity index (χ3v) is 5.93. The van der Waals surface area contributed by atoms with E-state index in [1.807, 2.05) is 13.8 Å². The molecule has 0 unspecified atom stereocenters. The topological polar surface area (TPSA) is 57.7 Å². The van der Waals surface area contributed by atoms with Gasteiger partial charge in [0.05, 0.1) is 4.90 Å². The van der Waals surface area contributed by atoms with Gasteiger partial charge in [0.1, 0.15) is 0 Å². The molecule has 0 heterocycles. The van der Waals surface area contributed by atoms with Crippen LogP contribution in [0.4, 0.5) is 0 Å². The number of hydrogen-bond acceptors (Lipinski definition) is 3. The summed E-state index contributed by atoms with van der Waals surface area (Å²) in [5.74, 6) is -0.0525. The molecule has 0 N–H and O–H groups in total. The van der Waals surface area contributed by atoms with Crippen molar-refractivity contribution in [1.82, 2.24) is 9.21 Å². The number of rotatable bonds is 9. The van der Waals surface area contributed by atoms with Crippen LogP contribution in [0.2, 0.25) is 0 Å². The molecule has 1 aromatic rings. The fourth-order valence-electron chi connectivity index (χ4n) is 2.26. The van der Waals surface area contributed by atoms with Crippen LogP contribution in [-0.2, 0) is 14.8 Å². The summed E-state index contributed by atoms with van der Waals surface area (Å²) in [6.07, 6.45) is 5.25. The highest BCUT2D eigenvalue weighted by Crippen LogP contribution is 2.16. The largest absolute Gasteiger partial charge is 0.342 e. The van der Waals surface area contributed by atoms with E-state index < -0.39 is 10.0 Å². The monoisotopic (exact) mass is 352 g/mol. The Morgan fingerprint density at radius 1 is 1.08 bits per heavy atom. The van der Waals surface area contributed by atoms with Crippen LogP contribution in [0.25, 0.3) is 6.08 Å². The maximum absolute atomic E-state index is 12.4. The quantitative estimate of drug-likeness (QED) is 0.642. The molecule has 0 aliphatic rings. The van der Waals surface area contributed by atoms with Gasteiger partial charge in [-0.15, -0.1) is 0 Å². The molecule has 24 heavy (non-hydrogen) atoms. The van der Waals surface area contributed by atoms with Crippen LogP contribution < -0.4 is 0 Å². The summed E-state index contributed by atoms with van der Waals surface area (Å²) in [5.41, 5.74) is 0.797. The number of carbonyl (C=O) groups is 1. The first-order valence-corrected chi connectivity index (χ1v) is 9.84. The molecule has 0 aliphatic heterocycles. The van der Waals surface area contributed by atoms with Crippen LogP contribution >= 0.6 is 0 Å². The number of nitrogens with zero attached hydrogens (tertiary/aromatic N) is 2. The average Bonchev–Trinajstić information content (AvgIpc) is 2.58. The van der Waals surface area contributed by atoms with Crippen molar-refractivity contribution in [3.63, 3.8) is 0 Å². The predicted octanol–water partition coefficient (Wildman–Crippen LogP) is 2.99. The number of amides is 1. The molecule has 0 spiro atoms. The van der Waals surface area contributed by atoms with Gasteiger partial charge in [0, 0.05) is 32.8 Å². The van der Waals surface area contributed by atoms with Crippen molar-refractivity contribution in [2.45, 2.75) is 38.5 Å². The van der Waals surface area contributed by atoms with Gasteiger partial charge in [0.15, 0.2) is 0 Å². The molecule has 6 heteroatoms. The third-order valence-electron chi connectivity index (χ3n) is 3.86. The van der Waals surface area contributed by atoms with Gasteiger partial charge in [-0.3, -0.25) is 4.79 Å². The molecule has 0 atom stereocenters. The standard InChI is InChI=1S/C18H28N2O3S/c1-5-8-15-19(4)18(21)14-11-16-9-12-17(13-10-16)24(22,23)20(6-2)7-3/h9-14H,5-8,15H2,1-4H3. The van der Waals surface area contributed by atoms with Crippen LogP contribution in [0.3, 0.4) is 0 Å². The van der Waals surface area contributed by atoms with Gasteiger partial charge in [-0.1, -0.05) is 39.3 Å². The lowest BCUT2D eigenvalue weighted by molar-refractivity contribution is -0.124. The van der Waals surface area contributed by atoms with Gasteiger partial charge in [-0.2, -0.15) is 4.31 Å². The molecule has 1 aromatic carbocycles. The highest BCUT2D eigenvalue weighted by Gasteiger charge is 2.20. The van der Waals surface area contributed by atoms with Crippen LogP contribution in [-0.4, -0.2) is 50.2 Å². The minimum absolute atomic E-state index is 0.0525. The highest BCUT2D eigenvalue weighted by molar-refractivity contribution is 7.89. The minimum atomic E-state index is -3.44. The summed E-state index contributed by atoms with van der Waals surface area (Å²) < 4.78 is 26.2. The molecule has 5 nitrogen and oxygen atoms in total. The minimum Gasteiger partial charge on any atom is -0.342 e. The number of benzene rings is 1. The number of sulfonamides is 1. The highest BCUT2D eigenvalue weighted by atomic mass is 32.2. The van der Waals surface area contributed by atoms with Crippen molar-refractivity contribution in [3.05, 3.63) is 35.9 Å². The Hall–Kier alpha value is -1.66. The van der Waals surface area contributed by atoms with E-state index in [4.69, 9.17) is 0 Å². The zero-order valence-corrected chi connectivity index (χ0v) is 15.8. The molecule has 0 bridgehead atoms. The van der Waals surface area contributed by atoms with Gasteiger partial charge in [-0.05, 0) is 30.2 Å². The molecule has 0 fully saturated rings. The lowest BCUT2D eigenvalue weighted by Gasteiger charge is -2.18. The molecule has 134 valence electrons. The average molecular weight is 353 g/mol. The number of carbonyl (C=O) groups excluding carboxylic acids is 1. The zero-order valence-electron chi connectivity index (χ0n) is 15.0. The Bertz CT molecular complexity index is 647. The van der Waals surface area contributed by atoms with E-state index in [2.05, 4.69) is 6.92 Å². The van der Waals surface area contributed by atoms with Gasteiger partial charge in [0.2, 0.25) is 15.9 Å². The Balaban J connectivity index is 2.81. The van der Waals surface area contributed by atoms with Crippen LogP contribution in [0.5, 0.6) is 0 Å². The maximum atomic E-state index is 12.4. The van der Waals surface area contributed by atoms with E-state index in [9.17, 15) is 13.2 Å². The Morgan fingerprint density at radius 3 is 2.17 bits per heavy atom. The van der Waals surface area contributed by atoms with E-state index in [1.54, 1.807) is 42.3 Å². The SMILES string of the molecule is CCCCN(C)C(=O)C=Cc1ccc(S(=O)(=O)N(CC)CC)cc1. The lowest BCUT2D eigenvalue weighted by Crippen LogP contribution is -2.30. The molecule has 0 aromatic heterocycles. The second-order valence-corrected chi connectivity index (χ2v) is 7.54. The summed E-state index contributed by atoms with van der Waals surface area (Å²) in [5, 5.41) is 0. The van der Waals surface area contributed by atoms with Crippen molar-refractivity contribution in [3.8, 4) is 0 Å². The number of unbranched alkanes of at least 4 members (excludes halogenated alkanes) is 1. The van der Waals surface area contributed by atoms with Gasteiger partial charge in [-0.25, -0.2) is 8.42 Å². The first-order valence-electron chi connectivity index (χ1n) is 8.40.